The molecule has 0 amide bonds. The lowest BCUT2D eigenvalue weighted by Crippen LogP contribution is -2.25. The first-order valence-electron chi connectivity index (χ1n) is 6.22. The van der Waals surface area contributed by atoms with Crippen molar-refractivity contribution in [1.29, 1.82) is 0 Å². The lowest BCUT2D eigenvalue weighted by molar-refractivity contribution is 0.526. The van der Waals surface area contributed by atoms with Gasteiger partial charge in [0.05, 0.1) is 0 Å². The number of benzene rings is 1. The number of rotatable bonds is 3. The first-order valence-corrected chi connectivity index (χ1v) is 7.48. The third kappa shape index (κ3) is 2.49. The Kier molecular flexibility index (Phi) is 3.37. The third-order valence-electron chi connectivity index (χ3n) is 3.55. The van der Waals surface area contributed by atoms with E-state index in [9.17, 15) is 0 Å². The molecule has 1 aliphatic rings. The van der Waals surface area contributed by atoms with E-state index in [0.717, 1.165) is 17.6 Å². The predicted octanol–water partition coefficient (Wildman–Crippen LogP) is 4.59. The fourth-order valence-corrected chi connectivity index (χ4v) is 3.69. The molecule has 0 unspecified atom stereocenters. The van der Waals surface area contributed by atoms with Gasteiger partial charge in [-0.3, -0.25) is 0 Å². The summed E-state index contributed by atoms with van der Waals surface area (Å²) in [5.41, 5.74) is 1.39. The number of hydrogen-bond donors (Lipinski definition) is 1. The van der Waals surface area contributed by atoms with Crippen molar-refractivity contribution in [2.75, 3.05) is 0 Å². The van der Waals surface area contributed by atoms with Gasteiger partial charge in [-0.15, -0.1) is 11.3 Å². The summed E-state index contributed by atoms with van der Waals surface area (Å²) in [5, 5.41) is 8.06. The van der Waals surface area contributed by atoms with Gasteiger partial charge in [-0.25, -0.2) is 0 Å². The Bertz CT molecular complexity index is 514. The molecule has 1 heterocycles. The Hall–Kier alpha value is -0.570. The first kappa shape index (κ1) is 11.5. The smallest absolute Gasteiger partial charge is 0.0413 e. The molecule has 90 valence electrons. The quantitative estimate of drug-likeness (QED) is 0.856. The van der Waals surface area contributed by atoms with Gasteiger partial charge in [0, 0.05) is 22.3 Å². The zero-order chi connectivity index (χ0) is 11.7. The minimum Gasteiger partial charge on any atom is -0.310 e. The highest BCUT2D eigenvalue weighted by Crippen LogP contribution is 2.29. The number of fused-ring (bicyclic) bond motifs is 1. The summed E-state index contributed by atoms with van der Waals surface area (Å²) in [6.07, 6.45) is 5.44. The second-order valence-corrected chi connectivity index (χ2v) is 6.11. The molecule has 1 aromatic heterocycles. The number of halogens is 1. The van der Waals surface area contributed by atoms with Crippen LogP contribution in [0.4, 0.5) is 0 Å². The van der Waals surface area contributed by atoms with Crippen molar-refractivity contribution in [1.82, 2.24) is 5.32 Å². The van der Waals surface area contributed by atoms with Gasteiger partial charge < -0.3 is 5.32 Å². The zero-order valence-corrected chi connectivity index (χ0v) is 11.3. The summed E-state index contributed by atoms with van der Waals surface area (Å²) in [6, 6.07) is 6.89. The fraction of sp³-hybridized carbons (Fsp3) is 0.429. The van der Waals surface area contributed by atoms with Gasteiger partial charge in [-0.05, 0) is 47.4 Å². The van der Waals surface area contributed by atoms with Crippen LogP contribution in [0.5, 0.6) is 0 Å². The van der Waals surface area contributed by atoms with Gasteiger partial charge in [0.1, 0.15) is 0 Å². The molecule has 3 heteroatoms. The summed E-state index contributed by atoms with van der Waals surface area (Å²) in [4.78, 5) is 0. The molecule has 0 saturated heterocycles. The normalized spacial score (nSPS) is 17.0. The molecule has 1 N–H and O–H groups in total. The van der Waals surface area contributed by atoms with Gasteiger partial charge in [0.25, 0.3) is 0 Å². The van der Waals surface area contributed by atoms with Crippen molar-refractivity contribution in [3.05, 3.63) is 34.2 Å². The van der Waals surface area contributed by atoms with E-state index in [1.807, 2.05) is 6.07 Å². The summed E-state index contributed by atoms with van der Waals surface area (Å²) in [7, 11) is 0. The van der Waals surface area contributed by atoms with Crippen LogP contribution in [0.2, 0.25) is 5.02 Å². The molecule has 0 bridgehead atoms. The van der Waals surface area contributed by atoms with Crippen LogP contribution in [-0.2, 0) is 6.54 Å². The average Bonchev–Trinajstić information content (AvgIpc) is 2.94. The minimum atomic E-state index is 0.726. The Balaban J connectivity index is 1.77. The molecule has 1 aromatic carbocycles. The molecule has 3 rings (SSSR count). The molecular weight excluding hydrogens is 250 g/mol. The summed E-state index contributed by atoms with van der Waals surface area (Å²) >= 11 is 7.87. The van der Waals surface area contributed by atoms with Crippen LogP contribution in [0.15, 0.2) is 23.6 Å². The highest BCUT2D eigenvalue weighted by atomic mass is 35.5. The standard InChI is InChI=1S/C14H16ClNS/c15-11-5-6-14-13(7-11)10(9-17-14)8-16-12-3-1-2-4-12/h5-7,9,12,16H,1-4,8H2. The molecule has 0 aliphatic heterocycles. The lowest BCUT2D eigenvalue weighted by atomic mass is 10.1. The first-order chi connectivity index (χ1) is 8.33. The molecule has 0 spiro atoms. The van der Waals surface area contributed by atoms with Crippen LogP contribution in [0.3, 0.4) is 0 Å². The monoisotopic (exact) mass is 265 g/mol. The second kappa shape index (κ2) is 4.97. The van der Waals surface area contributed by atoms with E-state index in [1.165, 1.54) is 41.3 Å². The van der Waals surface area contributed by atoms with E-state index in [4.69, 9.17) is 11.6 Å². The maximum Gasteiger partial charge on any atom is 0.0413 e. The Morgan fingerprint density at radius 1 is 1.29 bits per heavy atom. The molecule has 0 atom stereocenters. The molecule has 0 radical (unpaired) electrons. The van der Waals surface area contributed by atoms with Gasteiger partial charge in [-0.1, -0.05) is 24.4 Å². The average molecular weight is 266 g/mol. The summed E-state index contributed by atoms with van der Waals surface area (Å²) < 4.78 is 1.33. The van der Waals surface area contributed by atoms with E-state index in [0.29, 0.717) is 0 Å². The van der Waals surface area contributed by atoms with Crippen LogP contribution in [-0.4, -0.2) is 6.04 Å². The van der Waals surface area contributed by atoms with Crippen molar-refractivity contribution in [3.63, 3.8) is 0 Å². The van der Waals surface area contributed by atoms with Gasteiger partial charge in [-0.2, -0.15) is 0 Å². The Morgan fingerprint density at radius 2 is 2.12 bits per heavy atom. The molecule has 1 aliphatic carbocycles. The van der Waals surface area contributed by atoms with E-state index in [-0.39, 0.29) is 0 Å². The zero-order valence-electron chi connectivity index (χ0n) is 9.71. The largest absolute Gasteiger partial charge is 0.310 e. The molecule has 17 heavy (non-hydrogen) atoms. The van der Waals surface area contributed by atoms with Gasteiger partial charge >= 0.3 is 0 Å². The number of hydrogen-bond acceptors (Lipinski definition) is 2. The van der Waals surface area contributed by atoms with E-state index in [1.54, 1.807) is 11.3 Å². The van der Waals surface area contributed by atoms with Crippen molar-refractivity contribution in [2.24, 2.45) is 0 Å². The third-order valence-corrected chi connectivity index (χ3v) is 4.80. The molecule has 2 aromatic rings. The maximum atomic E-state index is 6.06. The van der Waals surface area contributed by atoms with Gasteiger partial charge in [0.2, 0.25) is 0 Å². The van der Waals surface area contributed by atoms with Crippen LogP contribution in [0.25, 0.3) is 10.1 Å². The molecule has 1 saturated carbocycles. The van der Waals surface area contributed by atoms with E-state index < -0.39 is 0 Å². The van der Waals surface area contributed by atoms with E-state index >= 15 is 0 Å². The molecular formula is C14H16ClNS. The summed E-state index contributed by atoms with van der Waals surface area (Å²) in [5.74, 6) is 0. The molecule has 1 nitrogen and oxygen atoms in total. The highest BCUT2D eigenvalue weighted by Gasteiger charge is 2.14. The fourth-order valence-electron chi connectivity index (χ4n) is 2.58. The van der Waals surface area contributed by atoms with Crippen LogP contribution < -0.4 is 5.32 Å². The van der Waals surface area contributed by atoms with Gasteiger partial charge in [0.15, 0.2) is 0 Å². The Morgan fingerprint density at radius 3 is 2.94 bits per heavy atom. The second-order valence-electron chi connectivity index (χ2n) is 4.76. The SMILES string of the molecule is Clc1ccc2scc(CNC3CCCC3)c2c1. The van der Waals surface area contributed by atoms with Crippen LogP contribution in [0, 0.1) is 0 Å². The Labute approximate surface area is 111 Å². The van der Waals surface area contributed by atoms with Crippen LogP contribution in [0.1, 0.15) is 31.2 Å². The number of nitrogens with one attached hydrogen (secondary N) is 1. The van der Waals surface area contributed by atoms with Crippen molar-refractivity contribution in [2.45, 2.75) is 38.3 Å². The van der Waals surface area contributed by atoms with Crippen molar-refractivity contribution in [3.8, 4) is 0 Å². The molecule has 1 fully saturated rings. The maximum absolute atomic E-state index is 6.06. The van der Waals surface area contributed by atoms with E-state index in [2.05, 4.69) is 22.8 Å². The predicted molar refractivity (Wildman–Crippen MR) is 75.9 cm³/mol. The minimum absolute atomic E-state index is 0.726. The van der Waals surface area contributed by atoms with Crippen molar-refractivity contribution >= 4 is 33.0 Å². The highest BCUT2D eigenvalue weighted by molar-refractivity contribution is 7.17. The topological polar surface area (TPSA) is 12.0 Å². The summed E-state index contributed by atoms with van der Waals surface area (Å²) in [6.45, 7) is 0.977. The van der Waals surface area contributed by atoms with Crippen LogP contribution >= 0.6 is 22.9 Å². The lowest BCUT2D eigenvalue weighted by Gasteiger charge is -2.10. The number of thiophene rings is 1. The van der Waals surface area contributed by atoms with Crippen molar-refractivity contribution < 1.29 is 0 Å².